The van der Waals surface area contributed by atoms with Crippen LogP contribution in [-0.2, 0) is 19.3 Å². The summed E-state index contributed by atoms with van der Waals surface area (Å²) in [7, 11) is 1.68. The van der Waals surface area contributed by atoms with E-state index in [2.05, 4.69) is 23.2 Å². The average molecular weight is 256 g/mol. The van der Waals surface area contributed by atoms with Crippen LogP contribution in [0.5, 0.6) is 5.75 Å². The Morgan fingerprint density at radius 1 is 1.44 bits per heavy atom. The molecule has 1 aromatic carbocycles. The number of hydrogen-bond donors (Lipinski definition) is 0. The van der Waals surface area contributed by atoms with Crippen LogP contribution in [0.4, 0.5) is 0 Å². The van der Waals surface area contributed by atoms with Gasteiger partial charge in [-0.2, -0.15) is 5.26 Å². The van der Waals surface area contributed by atoms with Crippen molar-refractivity contribution < 1.29 is 4.74 Å². The van der Waals surface area contributed by atoms with Crippen molar-refractivity contribution in [3.05, 3.63) is 33.6 Å². The molecule has 0 saturated heterocycles. The van der Waals surface area contributed by atoms with Crippen molar-refractivity contribution in [3.63, 3.8) is 0 Å². The maximum atomic E-state index is 8.74. The predicted molar refractivity (Wildman–Crippen MR) is 70.8 cm³/mol. The first-order valence-electron chi connectivity index (χ1n) is 5.84. The van der Waals surface area contributed by atoms with Gasteiger partial charge in [0, 0.05) is 10.4 Å². The SMILES string of the molecule is COc1ccc2c(c1)CCc1sc(CC#N)nc1-2. The molecule has 1 aromatic heterocycles. The molecular formula is C14H12N2OS. The fourth-order valence-corrected chi connectivity index (χ4v) is 3.32. The van der Waals surface area contributed by atoms with E-state index in [4.69, 9.17) is 10.00 Å². The number of nitriles is 1. The lowest BCUT2D eigenvalue weighted by atomic mass is 9.93. The van der Waals surface area contributed by atoms with E-state index in [-0.39, 0.29) is 0 Å². The normalized spacial score (nSPS) is 12.4. The van der Waals surface area contributed by atoms with E-state index in [0.717, 1.165) is 29.3 Å². The molecule has 3 rings (SSSR count). The number of thiazole rings is 1. The number of fused-ring (bicyclic) bond motifs is 3. The summed E-state index contributed by atoms with van der Waals surface area (Å²) >= 11 is 1.67. The minimum Gasteiger partial charge on any atom is -0.497 e. The van der Waals surface area contributed by atoms with Crippen LogP contribution in [0.3, 0.4) is 0 Å². The summed E-state index contributed by atoms with van der Waals surface area (Å²) in [5.74, 6) is 0.893. The van der Waals surface area contributed by atoms with Crippen molar-refractivity contribution in [1.29, 1.82) is 5.26 Å². The third-order valence-electron chi connectivity index (χ3n) is 3.16. The lowest BCUT2D eigenvalue weighted by molar-refractivity contribution is 0.414. The Morgan fingerprint density at radius 3 is 3.11 bits per heavy atom. The second kappa shape index (κ2) is 4.43. The Hall–Kier alpha value is -1.86. The van der Waals surface area contributed by atoms with Gasteiger partial charge in [-0.05, 0) is 36.6 Å². The first-order valence-corrected chi connectivity index (χ1v) is 6.66. The van der Waals surface area contributed by atoms with Crippen LogP contribution in [-0.4, -0.2) is 12.1 Å². The molecule has 0 fully saturated rings. The number of methoxy groups -OCH3 is 1. The van der Waals surface area contributed by atoms with Crippen LogP contribution < -0.4 is 4.74 Å². The van der Waals surface area contributed by atoms with Crippen molar-refractivity contribution >= 4 is 11.3 Å². The van der Waals surface area contributed by atoms with Gasteiger partial charge in [0.2, 0.25) is 0 Å². The van der Waals surface area contributed by atoms with Crippen molar-refractivity contribution in [2.75, 3.05) is 7.11 Å². The number of nitrogens with zero attached hydrogens (tertiary/aromatic N) is 2. The van der Waals surface area contributed by atoms with Gasteiger partial charge in [0.1, 0.15) is 10.8 Å². The van der Waals surface area contributed by atoms with Crippen molar-refractivity contribution in [3.8, 4) is 23.1 Å². The van der Waals surface area contributed by atoms with Gasteiger partial charge >= 0.3 is 0 Å². The number of aromatic nitrogens is 1. The molecule has 2 aromatic rings. The van der Waals surface area contributed by atoms with Crippen LogP contribution in [0.15, 0.2) is 18.2 Å². The van der Waals surface area contributed by atoms with Crippen LogP contribution in [0.1, 0.15) is 15.4 Å². The van der Waals surface area contributed by atoms with E-state index >= 15 is 0 Å². The second-order valence-electron chi connectivity index (χ2n) is 4.24. The maximum Gasteiger partial charge on any atom is 0.119 e. The molecule has 1 aliphatic rings. The third kappa shape index (κ3) is 1.77. The van der Waals surface area contributed by atoms with Crippen LogP contribution in [0, 0.1) is 11.3 Å². The highest BCUT2D eigenvalue weighted by Crippen LogP contribution is 2.37. The summed E-state index contributed by atoms with van der Waals surface area (Å²) < 4.78 is 5.25. The Kier molecular flexibility index (Phi) is 2.77. The van der Waals surface area contributed by atoms with Gasteiger partial charge in [0.15, 0.2) is 0 Å². The molecule has 4 heteroatoms. The molecule has 90 valence electrons. The molecule has 18 heavy (non-hydrogen) atoms. The van der Waals surface area contributed by atoms with Crippen molar-refractivity contribution in [2.24, 2.45) is 0 Å². The first kappa shape index (κ1) is 11.2. The van der Waals surface area contributed by atoms with Gasteiger partial charge in [-0.3, -0.25) is 0 Å². The molecule has 0 saturated carbocycles. The zero-order chi connectivity index (χ0) is 12.5. The van der Waals surface area contributed by atoms with Gasteiger partial charge in [-0.1, -0.05) is 0 Å². The zero-order valence-electron chi connectivity index (χ0n) is 10.1. The topological polar surface area (TPSA) is 45.9 Å². The Balaban J connectivity index is 2.08. The smallest absolute Gasteiger partial charge is 0.119 e. The number of rotatable bonds is 2. The van der Waals surface area contributed by atoms with Gasteiger partial charge < -0.3 is 4.74 Å². The summed E-state index contributed by atoms with van der Waals surface area (Å²) in [6.45, 7) is 0. The molecule has 0 radical (unpaired) electrons. The van der Waals surface area contributed by atoms with Crippen LogP contribution in [0.2, 0.25) is 0 Å². The summed E-state index contributed by atoms with van der Waals surface area (Å²) in [4.78, 5) is 5.90. The highest BCUT2D eigenvalue weighted by Gasteiger charge is 2.21. The van der Waals surface area contributed by atoms with Crippen molar-refractivity contribution in [2.45, 2.75) is 19.3 Å². The lowest BCUT2D eigenvalue weighted by Gasteiger charge is -2.15. The summed E-state index contributed by atoms with van der Waals surface area (Å²) in [6.07, 6.45) is 2.44. The van der Waals surface area contributed by atoms with E-state index in [9.17, 15) is 0 Å². The second-order valence-corrected chi connectivity index (χ2v) is 5.41. The summed E-state index contributed by atoms with van der Waals surface area (Å²) in [6, 6.07) is 8.29. The van der Waals surface area contributed by atoms with Gasteiger partial charge in [-0.25, -0.2) is 4.98 Å². The highest BCUT2D eigenvalue weighted by molar-refractivity contribution is 7.12. The summed E-state index contributed by atoms with van der Waals surface area (Å²) in [5, 5.41) is 9.67. The average Bonchev–Trinajstić information content (AvgIpc) is 2.81. The van der Waals surface area contributed by atoms with Gasteiger partial charge in [0.25, 0.3) is 0 Å². The number of benzene rings is 1. The molecule has 0 unspecified atom stereocenters. The lowest BCUT2D eigenvalue weighted by Crippen LogP contribution is -2.02. The third-order valence-corrected chi connectivity index (χ3v) is 4.28. The van der Waals surface area contributed by atoms with E-state index < -0.39 is 0 Å². The maximum absolute atomic E-state index is 8.74. The standard InChI is InChI=1S/C14H12N2OS/c1-17-10-3-4-11-9(8-10)2-5-12-14(11)16-13(18-12)6-7-15/h3-4,8H,2,5-6H2,1H3. The van der Waals surface area contributed by atoms with E-state index in [1.54, 1.807) is 18.4 Å². The largest absolute Gasteiger partial charge is 0.497 e. The number of ether oxygens (including phenoxy) is 1. The molecule has 1 aliphatic carbocycles. The van der Waals surface area contributed by atoms with Crippen LogP contribution >= 0.6 is 11.3 Å². The van der Waals surface area contributed by atoms with Crippen LogP contribution in [0.25, 0.3) is 11.3 Å². The molecule has 1 heterocycles. The minimum atomic E-state index is 0.406. The monoisotopic (exact) mass is 256 g/mol. The zero-order valence-corrected chi connectivity index (χ0v) is 10.9. The molecular weight excluding hydrogens is 244 g/mol. The number of aryl methyl sites for hydroxylation is 2. The van der Waals surface area contributed by atoms with E-state index in [1.807, 2.05) is 6.07 Å². The number of hydrogen-bond acceptors (Lipinski definition) is 4. The highest BCUT2D eigenvalue weighted by atomic mass is 32.1. The van der Waals surface area contributed by atoms with Gasteiger partial charge in [0.05, 0.1) is 25.3 Å². The molecule has 0 atom stereocenters. The Labute approximate surface area is 110 Å². The molecule has 0 amide bonds. The Bertz CT molecular complexity index is 640. The minimum absolute atomic E-state index is 0.406. The Morgan fingerprint density at radius 2 is 2.33 bits per heavy atom. The fraction of sp³-hybridized carbons (Fsp3) is 0.286. The summed E-state index contributed by atoms with van der Waals surface area (Å²) in [5.41, 5.74) is 3.54. The fourth-order valence-electron chi connectivity index (χ4n) is 2.31. The molecule has 0 bridgehead atoms. The molecule has 0 N–H and O–H groups in total. The van der Waals surface area contributed by atoms with E-state index in [1.165, 1.54) is 16.0 Å². The van der Waals surface area contributed by atoms with Crippen molar-refractivity contribution in [1.82, 2.24) is 4.98 Å². The first-order chi connectivity index (χ1) is 8.81. The van der Waals surface area contributed by atoms with Gasteiger partial charge in [-0.15, -0.1) is 11.3 Å². The predicted octanol–water partition coefficient (Wildman–Crippen LogP) is 2.98. The quantitative estimate of drug-likeness (QED) is 0.829. The molecule has 0 spiro atoms. The van der Waals surface area contributed by atoms with E-state index in [0.29, 0.717) is 6.42 Å². The molecule has 0 aliphatic heterocycles. The molecule has 3 nitrogen and oxygen atoms in total.